The summed E-state index contributed by atoms with van der Waals surface area (Å²) in [7, 11) is 0. The molecule has 2 fully saturated rings. The van der Waals surface area contributed by atoms with Gasteiger partial charge in [-0.15, -0.1) is 0 Å². The van der Waals surface area contributed by atoms with Crippen LogP contribution in [-0.4, -0.2) is 24.6 Å². The van der Waals surface area contributed by atoms with Crippen LogP contribution in [0.2, 0.25) is 0 Å². The van der Waals surface area contributed by atoms with Crippen molar-refractivity contribution < 1.29 is 14.3 Å². The molecule has 0 bridgehead atoms. The Balaban J connectivity index is 1.69. The van der Waals surface area contributed by atoms with E-state index in [4.69, 9.17) is 9.47 Å². The van der Waals surface area contributed by atoms with Crippen molar-refractivity contribution in [3.05, 3.63) is 29.8 Å². The van der Waals surface area contributed by atoms with Gasteiger partial charge >= 0.3 is 0 Å². The molecule has 114 valence electrons. The first-order valence-electron chi connectivity index (χ1n) is 8.13. The summed E-state index contributed by atoms with van der Waals surface area (Å²) >= 11 is 0. The van der Waals surface area contributed by atoms with Crippen LogP contribution in [0.4, 0.5) is 0 Å². The van der Waals surface area contributed by atoms with Crippen LogP contribution in [0.5, 0.6) is 5.75 Å². The van der Waals surface area contributed by atoms with Crippen LogP contribution in [-0.2, 0) is 4.74 Å². The monoisotopic (exact) mass is 288 g/mol. The Labute approximate surface area is 126 Å². The van der Waals surface area contributed by atoms with Crippen molar-refractivity contribution in [1.82, 2.24) is 0 Å². The van der Waals surface area contributed by atoms with Gasteiger partial charge in [-0.3, -0.25) is 4.79 Å². The topological polar surface area (TPSA) is 35.5 Å². The first-order chi connectivity index (χ1) is 10.2. The third-order valence-corrected chi connectivity index (χ3v) is 4.72. The van der Waals surface area contributed by atoms with Gasteiger partial charge in [0.2, 0.25) is 0 Å². The number of carbonyl (C=O) groups excluding carboxylic acids is 1. The molecular weight excluding hydrogens is 264 g/mol. The van der Waals surface area contributed by atoms with Gasteiger partial charge in [0.15, 0.2) is 5.78 Å². The summed E-state index contributed by atoms with van der Waals surface area (Å²) < 4.78 is 11.5. The van der Waals surface area contributed by atoms with Gasteiger partial charge in [0.05, 0.1) is 12.2 Å². The molecule has 1 unspecified atom stereocenters. The molecule has 3 rings (SSSR count). The molecule has 1 heterocycles. The quantitative estimate of drug-likeness (QED) is 0.768. The summed E-state index contributed by atoms with van der Waals surface area (Å²) in [4.78, 5) is 12.7. The molecule has 0 aromatic heterocycles. The first-order valence-corrected chi connectivity index (χ1v) is 8.13. The Morgan fingerprint density at radius 2 is 2.29 bits per heavy atom. The van der Waals surface area contributed by atoms with Crippen LogP contribution < -0.4 is 4.74 Å². The Hall–Kier alpha value is -1.35. The van der Waals surface area contributed by atoms with Crippen molar-refractivity contribution in [2.24, 2.45) is 5.92 Å². The number of benzene rings is 1. The largest absolute Gasteiger partial charge is 0.494 e. The van der Waals surface area contributed by atoms with E-state index < -0.39 is 0 Å². The van der Waals surface area contributed by atoms with Crippen molar-refractivity contribution in [3.63, 3.8) is 0 Å². The van der Waals surface area contributed by atoms with E-state index in [-0.39, 0.29) is 17.3 Å². The van der Waals surface area contributed by atoms with Gasteiger partial charge in [-0.25, -0.2) is 0 Å². The van der Waals surface area contributed by atoms with Gasteiger partial charge < -0.3 is 9.47 Å². The molecule has 1 saturated carbocycles. The van der Waals surface area contributed by atoms with E-state index in [2.05, 4.69) is 6.92 Å². The minimum atomic E-state index is 0.0227. The number of rotatable bonds is 5. The Kier molecular flexibility index (Phi) is 4.29. The summed E-state index contributed by atoms with van der Waals surface area (Å²) in [5.41, 5.74) is 0.805. The number of hydrogen-bond donors (Lipinski definition) is 0. The lowest BCUT2D eigenvalue weighted by atomic mass is 9.70. The van der Waals surface area contributed by atoms with Crippen LogP contribution in [0.3, 0.4) is 0 Å². The second-order valence-electron chi connectivity index (χ2n) is 6.32. The average Bonchev–Trinajstić information content (AvgIpc) is 2.51. The van der Waals surface area contributed by atoms with Crippen LogP contribution in [0, 0.1) is 5.92 Å². The maximum Gasteiger partial charge on any atom is 0.166 e. The SMILES string of the molecule is CCCOc1cccc(C(=O)C2CCOC3(CCC3)C2)c1. The maximum atomic E-state index is 12.7. The van der Waals surface area contributed by atoms with E-state index in [1.807, 2.05) is 24.3 Å². The molecule has 3 heteroatoms. The molecule has 0 N–H and O–H groups in total. The van der Waals surface area contributed by atoms with E-state index in [0.717, 1.165) is 50.0 Å². The molecule has 1 aromatic rings. The summed E-state index contributed by atoms with van der Waals surface area (Å²) in [5, 5.41) is 0. The van der Waals surface area contributed by atoms with Crippen molar-refractivity contribution in [1.29, 1.82) is 0 Å². The summed E-state index contributed by atoms with van der Waals surface area (Å²) in [6.45, 7) is 3.50. The Bertz CT molecular complexity index is 505. The van der Waals surface area contributed by atoms with Crippen LogP contribution >= 0.6 is 0 Å². The first kappa shape index (κ1) is 14.6. The van der Waals surface area contributed by atoms with Gasteiger partial charge in [-0.1, -0.05) is 19.1 Å². The zero-order chi connectivity index (χ0) is 14.7. The molecule has 1 atom stereocenters. The summed E-state index contributed by atoms with van der Waals surface area (Å²) in [6, 6.07) is 7.63. The van der Waals surface area contributed by atoms with Gasteiger partial charge in [0.1, 0.15) is 5.75 Å². The minimum Gasteiger partial charge on any atom is -0.494 e. The fourth-order valence-corrected chi connectivity index (χ4v) is 3.37. The lowest BCUT2D eigenvalue weighted by Crippen LogP contribution is -2.47. The normalized spacial score (nSPS) is 23.6. The standard InChI is InChI=1S/C18H24O3/c1-2-10-20-16-6-3-5-14(12-16)17(19)15-7-11-21-18(13-15)8-4-9-18/h3,5-6,12,15H,2,4,7-11,13H2,1H3. The lowest BCUT2D eigenvalue weighted by Gasteiger charge is -2.46. The highest BCUT2D eigenvalue weighted by atomic mass is 16.5. The molecule has 1 saturated heterocycles. The van der Waals surface area contributed by atoms with E-state index in [1.165, 1.54) is 6.42 Å². The van der Waals surface area contributed by atoms with E-state index in [1.54, 1.807) is 0 Å². The second kappa shape index (κ2) is 6.18. The molecule has 21 heavy (non-hydrogen) atoms. The maximum absolute atomic E-state index is 12.7. The average molecular weight is 288 g/mol. The molecule has 0 radical (unpaired) electrons. The van der Waals surface area contributed by atoms with Crippen molar-refractivity contribution in [3.8, 4) is 5.75 Å². The number of hydrogen-bond acceptors (Lipinski definition) is 3. The van der Waals surface area contributed by atoms with Crippen LogP contribution in [0.1, 0.15) is 55.8 Å². The highest BCUT2D eigenvalue weighted by Gasteiger charge is 2.44. The molecule has 1 aliphatic carbocycles. The van der Waals surface area contributed by atoms with E-state index in [9.17, 15) is 4.79 Å². The van der Waals surface area contributed by atoms with Gasteiger partial charge in [0.25, 0.3) is 0 Å². The fraction of sp³-hybridized carbons (Fsp3) is 0.611. The minimum absolute atomic E-state index is 0.0227. The summed E-state index contributed by atoms with van der Waals surface area (Å²) in [6.07, 6.45) is 6.20. The predicted molar refractivity (Wildman–Crippen MR) is 81.8 cm³/mol. The van der Waals surface area contributed by atoms with Gasteiger partial charge in [0, 0.05) is 18.1 Å². The molecule has 2 aliphatic rings. The molecule has 1 aliphatic heterocycles. The zero-order valence-corrected chi connectivity index (χ0v) is 12.8. The molecule has 1 spiro atoms. The predicted octanol–water partition coefficient (Wildman–Crippen LogP) is 4.01. The number of carbonyl (C=O) groups is 1. The summed E-state index contributed by atoms with van der Waals surface area (Å²) in [5.74, 6) is 1.17. The number of ketones is 1. The molecular formula is C18H24O3. The number of Topliss-reactive ketones (excluding diaryl/α,β-unsaturated/α-hetero) is 1. The third-order valence-electron chi connectivity index (χ3n) is 4.72. The zero-order valence-electron chi connectivity index (χ0n) is 12.8. The lowest BCUT2D eigenvalue weighted by molar-refractivity contribution is -0.137. The second-order valence-corrected chi connectivity index (χ2v) is 6.32. The Morgan fingerprint density at radius 3 is 3.00 bits per heavy atom. The molecule has 3 nitrogen and oxygen atoms in total. The van der Waals surface area contributed by atoms with Crippen molar-refractivity contribution in [2.75, 3.05) is 13.2 Å². The van der Waals surface area contributed by atoms with Crippen molar-refractivity contribution >= 4 is 5.78 Å². The van der Waals surface area contributed by atoms with Crippen molar-refractivity contribution in [2.45, 2.75) is 51.0 Å². The smallest absolute Gasteiger partial charge is 0.166 e. The van der Waals surface area contributed by atoms with Crippen LogP contribution in [0.15, 0.2) is 24.3 Å². The fourth-order valence-electron chi connectivity index (χ4n) is 3.37. The highest BCUT2D eigenvalue weighted by Crippen LogP contribution is 2.44. The third kappa shape index (κ3) is 3.13. The molecule has 1 aromatic carbocycles. The highest BCUT2D eigenvalue weighted by molar-refractivity contribution is 5.98. The Morgan fingerprint density at radius 1 is 1.43 bits per heavy atom. The molecule has 0 amide bonds. The van der Waals surface area contributed by atoms with E-state index in [0.29, 0.717) is 6.61 Å². The van der Waals surface area contributed by atoms with Crippen LogP contribution in [0.25, 0.3) is 0 Å². The van der Waals surface area contributed by atoms with E-state index >= 15 is 0 Å². The number of ether oxygens (including phenoxy) is 2. The van der Waals surface area contributed by atoms with Gasteiger partial charge in [-0.2, -0.15) is 0 Å². The van der Waals surface area contributed by atoms with Gasteiger partial charge in [-0.05, 0) is 50.7 Å².